The Hall–Kier alpha value is -2.08. The first-order valence-electron chi connectivity index (χ1n) is 10.9. The second-order valence-corrected chi connectivity index (χ2v) is 7.78. The van der Waals surface area contributed by atoms with Crippen LogP contribution in [0.5, 0.6) is 0 Å². The number of nitrogens with zero attached hydrogens (tertiary/aromatic N) is 3. The third-order valence-electron chi connectivity index (χ3n) is 5.56. The van der Waals surface area contributed by atoms with Crippen LogP contribution < -0.4 is 5.32 Å². The summed E-state index contributed by atoms with van der Waals surface area (Å²) in [7, 11) is 4.21. The maximum atomic E-state index is 12.0. The van der Waals surface area contributed by atoms with Crippen LogP contribution in [-0.2, 0) is 16.0 Å². The van der Waals surface area contributed by atoms with Crippen molar-refractivity contribution in [3.63, 3.8) is 0 Å². The number of likely N-dealkylation sites (N-methyl/N-ethyl adjacent to an activating group) is 1. The summed E-state index contributed by atoms with van der Waals surface area (Å²) in [5.74, 6) is 0.893. The van der Waals surface area contributed by atoms with E-state index in [1.54, 1.807) is 0 Å². The number of ether oxygens (including phenoxy) is 1. The first-order chi connectivity index (χ1) is 14.0. The number of piperidine rings is 1. The van der Waals surface area contributed by atoms with Crippen molar-refractivity contribution in [3.8, 4) is 0 Å². The van der Waals surface area contributed by atoms with E-state index in [2.05, 4.69) is 67.3 Å². The minimum Gasteiger partial charge on any atom is -0.466 e. The third-order valence-corrected chi connectivity index (χ3v) is 5.56. The first-order valence-corrected chi connectivity index (χ1v) is 10.9. The molecule has 1 aromatic rings. The average molecular weight is 403 g/mol. The van der Waals surface area contributed by atoms with Crippen LogP contribution in [0.3, 0.4) is 0 Å². The van der Waals surface area contributed by atoms with Gasteiger partial charge >= 0.3 is 5.97 Å². The molecule has 1 N–H and O–H groups in total. The molecular weight excluding hydrogens is 364 g/mol. The van der Waals surface area contributed by atoms with Gasteiger partial charge < -0.3 is 19.9 Å². The van der Waals surface area contributed by atoms with Gasteiger partial charge in [0, 0.05) is 19.6 Å². The summed E-state index contributed by atoms with van der Waals surface area (Å²) in [5.41, 5.74) is 2.64. The predicted molar refractivity (Wildman–Crippen MR) is 119 cm³/mol. The number of aryl methyl sites for hydroxylation is 1. The molecule has 0 amide bonds. The normalized spacial score (nSPS) is 16.8. The quantitative estimate of drug-likeness (QED) is 0.411. The molecule has 1 aliphatic heterocycles. The lowest BCUT2D eigenvalue weighted by molar-refractivity contribution is -0.149. The standard InChI is InChI=1S/C23H38N4O2/c1-6-18-9-11-19(12-10-18)21(26(4)5)17-25-23(24-7-2)27-15-13-20(14-16-27)22(28)29-8-3/h9-12,20-21H,6-8,13-17H2,1-5H3,(H,24,25). The Labute approximate surface area is 176 Å². The van der Waals surface area contributed by atoms with E-state index in [0.717, 1.165) is 44.9 Å². The van der Waals surface area contributed by atoms with Crippen LogP contribution in [0.4, 0.5) is 0 Å². The number of nitrogens with one attached hydrogen (secondary N) is 1. The molecule has 0 bridgehead atoms. The first kappa shape index (κ1) is 23.2. The van der Waals surface area contributed by atoms with E-state index < -0.39 is 0 Å². The molecule has 0 saturated carbocycles. The molecule has 6 heteroatoms. The maximum absolute atomic E-state index is 12.0. The van der Waals surface area contributed by atoms with Gasteiger partial charge in [-0.05, 0) is 58.3 Å². The molecule has 1 heterocycles. The number of esters is 1. The van der Waals surface area contributed by atoms with E-state index in [-0.39, 0.29) is 17.9 Å². The lowest BCUT2D eigenvalue weighted by atomic mass is 9.97. The fourth-order valence-corrected chi connectivity index (χ4v) is 3.73. The molecule has 1 fully saturated rings. The minimum atomic E-state index is -0.0581. The molecule has 1 aliphatic rings. The fraction of sp³-hybridized carbons (Fsp3) is 0.652. The Morgan fingerprint density at radius 1 is 1.21 bits per heavy atom. The monoisotopic (exact) mass is 402 g/mol. The van der Waals surface area contributed by atoms with Gasteiger partial charge in [0.05, 0.1) is 25.1 Å². The summed E-state index contributed by atoms with van der Waals surface area (Å²) in [4.78, 5) is 21.5. The van der Waals surface area contributed by atoms with Crippen LogP contribution in [-0.4, -0.2) is 68.6 Å². The number of guanidine groups is 1. The van der Waals surface area contributed by atoms with Crippen LogP contribution in [0.15, 0.2) is 29.3 Å². The van der Waals surface area contributed by atoms with Crippen molar-refractivity contribution in [1.29, 1.82) is 0 Å². The largest absolute Gasteiger partial charge is 0.466 e. The summed E-state index contributed by atoms with van der Waals surface area (Å²) in [6.45, 7) is 9.76. The number of aliphatic imine (C=N–C) groups is 1. The zero-order chi connectivity index (χ0) is 21.2. The van der Waals surface area contributed by atoms with Gasteiger partial charge in [-0.1, -0.05) is 31.2 Å². The van der Waals surface area contributed by atoms with Crippen molar-refractivity contribution in [2.75, 3.05) is 46.9 Å². The lowest BCUT2D eigenvalue weighted by Crippen LogP contribution is -2.47. The molecule has 0 aliphatic carbocycles. The second kappa shape index (κ2) is 11.8. The van der Waals surface area contributed by atoms with E-state index in [4.69, 9.17) is 9.73 Å². The summed E-state index contributed by atoms with van der Waals surface area (Å²) >= 11 is 0. The zero-order valence-corrected chi connectivity index (χ0v) is 18.8. The van der Waals surface area contributed by atoms with Crippen molar-refractivity contribution >= 4 is 11.9 Å². The van der Waals surface area contributed by atoms with Gasteiger partial charge in [0.25, 0.3) is 0 Å². The number of likely N-dealkylation sites (tertiary alicyclic amines) is 1. The number of benzene rings is 1. The van der Waals surface area contributed by atoms with Crippen LogP contribution in [0.1, 0.15) is 50.8 Å². The number of carbonyl (C=O) groups is 1. The summed E-state index contributed by atoms with van der Waals surface area (Å²) in [6, 6.07) is 9.08. The van der Waals surface area contributed by atoms with Crippen LogP contribution >= 0.6 is 0 Å². The van der Waals surface area contributed by atoms with Gasteiger partial charge in [-0.15, -0.1) is 0 Å². The molecular formula is C23H38N4O2. The van der Waals surface area contributed by atoms with Gasteiger partial charge in [0.1, 0.15) is 0 Å². The van der Waals surface area contributed by atoms with Crippen LogP contribution in [0, 0.1) is 5.92 Å². The Bertz CT molecular complexity index is 649. The number of carbonyl (C=O) groups excluding carboxylic acids is 1. The lowest BCUT2D eigenvalue weighted by Gasteiger charge is -2.34. The van der Waals surface area contributed by atoms with Gasteiger partial charge in [0.15, 0.2) is 5.96 Å². The SMILES string of the molecule is CCNC(=NCC(c1ccc(CC)cc1)N(C)C)N1CCC(C(=O)OCC)CC1. The highest BCUT2D eigenvalue weighted by molar-refractivity contribution is 5.80. The molecule has 1 saturated heterocycles. The van der Waals surface area contributed by atoms with Crippen molar-refractivity contribution in [3.05, 3.63) is 35.4 Å². The molecule has 6 nitrogen and oxygen atoms in total. The summed E-state index contributed by atoms with van der Waals surface area (Å²) < 4.78 is 5.19. The summed E-state index contributed by atoms with van der Waals surface area (Å²) in [6.07, 6.45) is 2.69. The molecule has 0 radical (unpaired) electrons. The van der Waals surface area contributed by atoms with E-state index in [1.165, 1.54) is 11.1 Å². The van der Waals surface area contributed by atoms with Crippen molar-refractivity contribution < 1.29 is 9.53 Å². The third kappa shape index (κ3) is 6.74. The van der Waals surface area contributed by atoms with Crippen molar-refractivity contribution in [2.45, 2.75) is 46.1 Å². The molecule has 29 heavy (non-hydrogen) atoms. The highest BCUT2D eigenvalue weighted by atomic mass is 16.5. The molecule has 0 aromatic heterocycles. The molecule has 1 aromatic carbocycles. The average Bonchev–Trinajstić information content (AvgIpc) is 2.73. The number of hydrogen-bond acceptors (Lipinski definition) is 4. The highest BCUT2D eigenvalue weighted by Crippen LogP contribution is 2.21. The predicted octanol–water partition coefficient (Wildman–Crippen LogP) is 3.09. The minimum absolute atomic E-state index is 0.0145. The highest BCUT2D eigenvalue weighted by Gasteiger charge is 2.27. The number of rotatable bonds is 8. The van der Waals surface area contributed by atoms with Crippen LogP contribution in [0.2, 0.25) is 0 Å². The molecule has 1 unspecified atom stereocenters. The van der Waals surface area contributed by atoms with E-state index in [0.29, 0.717) is 13.2 Å². The van der Waals surface area contributed by atoms with Crippen LogP contribution in [0.25, 0.3) is 0 Å². The Kier molecular flexibility index (Phi) is 9.45. The van der Waals surface area contributed by atoms with E-state index in [9.17, 15) is 4.79 Å². The van der Waals surface area contributed by atoms with Crippen molar-refractivity contribution in [1.82, 2.24) is 15.1 Å². The molecule has 2 rings (SSSR count). The van der Waals surface area contributed by atoms with E-state index >= 15 is 0 Å². The molecule has 162 valence electrons. The van der Waals surface area contributed by atoms with Gasteiger partial charge in [0.2, 0.25) is 0 Å². The Morgan fingerprint density at radius 3 is 2.38 bits per heavy atom. The van der Waals surface area contributed by atoms with Gasteiger partial charge in [-0.25, -0.2) is 0 Å². The topological polar surface area (TPSA) is 57.2 Å². The fourth-order valence-electron chi connectivity index (χ4n) is 3.73. The summed E-state index contributed by atoms with van der Waals surface area (Å²) in [5, 5.41) is 3.43. The smallest absolute Gasteiger partial charge is 0.309 e. The Balaban J connectivity index is 2.05. The molecule has 1 atom stereocenters. The van der Waals surface area contributed by atoms with Gasteiger partial charge in [-0.2, -0.15) is 0 Å². The number of hydrogen-bond donors (Lipinski definition) is 1. The Morgan fingerprint density at radius 2 is 1.86 bits per heavy atom. The zero-order valence-electron chi connectivity index (χ0n) is 18.8. The maximum Gasteiger partial charge on any atom is 0.309 e. The van der Waals surface area contributed by atoms with Gasteiger partial charge in [-0.3, -0.25) is 9.79 Å². The molecule has 0 spiro atoms. The second-order valence-electron chi connectivity index (χ2n) is 7.78. The van der Waals surface area contributed by atoms with Crippen molar-refractivity contribution in [2.24, 2.45) is 10.9 Å². The van der Waals surface area contributed by atoms with E-state index in [1.807, 2.05) is 6.92 Å².